The molecule has 4 rings (SSSR count). The van der Waals surface area contributed by atoms with Gasteiger partial charge >= 0.3 is 0 Å². The van der Waals surface area contributed by atoms with Crippen molar-refractivity contribution in [2.75, 3.05) is 31.3 Å². The van der Waals surface area contributed by atoms with Gasteiger partial charge in [-0.15, -0.1) is 11.8 Å². The Labute approximate surface area is 167 Å². The molecule has 3 aliphatic rings. The van der Waals surface area contributed by atoms with E-state index < -0.39 is 23.8 Å². The molecule has 28 heavy (non-hydrogen) atoms. The van der Waals surface area contributed by atoms with E-state index in [0.29, 0.717) is 30.3 Å². The summed E-state index contributed by atoms with van der Waals surface area (Å²) in [6, 6.07) is 3.24. The lowest BCUT2D eigenvalue weighted by atomic mass is 10.0. The molecule has 2 atom stereocenters. The molecule has 1 aliphatic carbocycles. The average Bonchev–Trinajstić information content (AvgIpc) is 3.41. The second kappa shape index (κ2) is 8.37. The van der Waals surface area contributed by atoms with Gasteiger partial charge in [0.2, 0.25) is 11.8 Å². The minimum atomic E-state index is -0.926. The van der Waals surface area contributed by atoms with Crippen molar-refractivity contribution >= 4 is 23.6 Å². The number of halogens is 2. The first kappa shape index (κ1) is 19.6. The van der Waals surface area contributed by atoms with Crippen LogP contribution in [0.5, 0.6) is 0 Å². The molecular formula is C20H24F2N2O3S. The molecule has 5 nitrogen and oxygen atoms in total. The Bertz CT molecular complexity index is 757. The summed E-state index contributed by atoms with van der Waals surface area (Å²) >= 11 is 1.61. The highest BCUT2D eigenvalue weighted by molar-refractivity contribution is 7.99. The van der Waals surface area contributed by atoms with Gasteiger partial charge in [0.05, 0.1) is 19.0 Å². The number of hydrogen-bond donors (Lipinski definition) is 0. The minimum absolute atomic E-state index is 0.0497. The second-order valence-corrected chi connectivity index (χ2v) is 8.62. The van der Waals surface area contributed by atoms with Gasteiger partial charge in [-0.2, -0.15) is 0 Å². The van der Waals surface area contributed by atoms with Gasteiger partial charge in [0.15, 0.2) is 11.6 Å². The number of nitrogens with zero attached hydrogens (tertiary/aromatic N) is 2. The number of rotatable bonds is 3. The zero-order valence-corrected chi connectivity index (χ0v) is 16.4. The molecule has 2 amide bonds. The van der Waals surface area contributed by atoms with Crippen molar-refractivity contribution in [2.45, 2.75) is 37.8 Å². The van der Waals surface area contributed by atoms with E-state index in [1.54, 1.807) is 21.6 Å². The fraction of sp³-hybridized carbons (Fsp3) is 0.600. The maximum Gasteiger partial charge on any atom is 0.246 e. The van der Waals surface area contributed by atoms with Crippen LogP contribution in [-0.4, -0.2) is 59.0 Å². The van der Waals surface area contributed by atoms with Crippen LogP contribution in [-0.2, 0) is 14.3 Å². The molecule has 2 saturated heterocycles. The first-order valence-electron chi connectivity index (χ1n) is 9.78. The molecule has 152 valence electrons. The third-order valence-corrected chi connectivity index (χ3v) is 6.86. The van der Waals surface area contributed by atoms with Gasteiger partial charge in [-0.1, -0.05) is 18.9 Å². The SMILES string of the molecule is O=C([C@H]1CSCN1C(=O)C1CCCC1)N1CCO[C@H](c2ccc(F)c(F)c2)C1. The van der Waals surface area contributed by atoms with E-state index in [1.807, 2.05) is 0 Å². The Morgan fingerprint density at radius 3 is 2.64 bits per heavy atom. The first-order valence-corrected chi connectivity index (χ1v) is 10.9. The summed E-state index contributed by atoms with van der Waals surface area (Å²) in [5, 5.41) is 0. The summed E-state index contributed by atoms with van der Waals surface area (Å²) in [7, 11) is 0. The fourth-order valence-electron chi connectivity index (χ4n) is 4.25. The van der Waals surface area contributed by atoms with Crippen LogP contribution in [0.2, 0.25) is 0 Å². The number of morpholine rings is 1. The van der Waals surface area contributed by atoms with Crippen molar-refractivity contribution in [1.29, 1.82) is 0 Å². The van der Waals surface area contributed by atoms with Crippen LogP contribution >= 0.6 is 11.8 Å². The van der Waals surface area contributed by atoms with E-state index in [9.17, 15) is 18.4 Å². The lowest BCUT2D eigenvalue weighted by Crippen LogP contribution is -2.53. The van der Waals surface area contributed by atoms with E-state index in [-0.39, 0.29) is 24.3 Å². The predicted molar refractivity (Wildman–Crippen MR) is 102 cm³/mol. The molecule has 0 bridgehead atoms. The van der Waals surface area contributed by atoms with Crippen molar-refractivity contribution < 1.29 is 23.1 Å². The number of benzene rings is 1. The lowest BCUT2D eigenvalue weighted by molar-refractivity contribution is -0.150. The summed E-state index contributed by atoms with van der Waals surface area (Å²) in [6.45, 7) is 1.04. The Morgan fingerprint density at radius 2 is 1.89 bits per heavy atom. The monoisotopic (exact) mass is 410 g/mol. The van der Waals surface area contributed by atoms with E-state index in [1.165, 1.54) is 6.07 Å². The molecule has 1 aromatic carbocycles. The van der Waals surface area contributed by atoms with Crippen molar-refractivity contribution in [3.8, 4) is 0 Å². The van der Waals surface area contributed by atoms with Crippen molar-refractivity contribution in [3.05, 3.63) is 35.4 Å². The molecule has 1 saturated carbocycles. The molecule has 3 fully saturated rings. The summed E-state index contributed by atoms with van der Waals surface area (Å²) in [4.78, 5) is 29.4. The van der Waals surface area contributed by atoms with Crippen molar-refractivity contribution in [3.63, 3.8) is 0 Å². The van der Waals surface area contributed by atoms with E-state index in [2.05, 4.69) is 0 Å². The molecule has 2 heterocycles. The Kier molecular flexibility index (Phi) is 5.87. The van der Waals surface area contributed by atoms with Crippen LogP contribution in [0, 0.1) is 17.6 Å². The van der Waals surface area contributed by atoms with E-state index >= 15 is 0 Å². The molecule has 0 N–H and O–H groups in total. The maximum atomic E-state index is 13.6. The largest absolute Gasteiger partial charge is 0.370 e. The van der Waals surface area contributed by atoms with E-state index in [0.717, 1.165) is 37.8 Å². The minimum Gasteiger partial charge on any atom is -0.370 e. The number of amides is 2. The summed E-state index contributed by atoms with van der Waals surface area (Å²) < 4.78 is 32.5. The maximum absolute atomic E-state index is 13.6. The van der Waals surface area contributed by atoms with Crippen LogP contribution in [0.4, 0.5) is 8.78 Å². The van der Waals surface area contributed by atoms with Crippen LogP contribution in [0.15, 0.2) is 18.2 Å². The number of carbonyl (C=O) groups is 2. The molecule has 1 aromatic rings. The standard InChI is InChI=1S/C20H24F2N2O3S/c21-15-6-5-14(9-16(15)22)18-10-23(7-8-27-18)20(26)17-11-28-12-24(17)19(25)13-3-1-2-4-13/h5-6,9,13,17-18H,1-4,7-8,10-12H2/t17-,18+/m1/s1. The quantitative estimate of drug-likeness (QED) is 0.769. The Balaban J connectivity index is 1.44. The summed E-state index contributed by atoms with van der Waals surface area (Å²) in [5.41, 5.74) is 0.510. The number of hydrogen-bond acceptors (Lipinski definition) is 4. The molecule has 2 aliphatic heterocycles. The van der Waals surface area contributed by atoms with Gasteiger partial charge in [0.25, 0.3) is 0 Å². The highest BCUT2D eigenvalue weighted by Crippen LogP contribution is 2.32. The van der Waals surface area contributed by atoms with Crippen LogP contribution < -0.4 is 0 Å². The van der Waals surface area contributed by atoms with Gasteiger partial charge in [0.1, 0.15) is 12.1 Å². The summed E-state index contributed by atoms with van der Waals surface area (Å²) in [6.07, 6.45) is 3.48. The predicted octanol–water partition coefficient (Wildman–Crippen LogP) is 2.96. The van der Waals surface area contributed by atoms with Gasteiger partial charge in [-0.25, -0.2) is 8.78 Å². The molecule has 0 aromatic heterocycles. The molecule has 0 radical (unpaired) electrons. The topological polar surface area (TPSA) is 49.9 Å². The smallest absolute Gasteiger partial charge is 0.246 e. The Hall–Kier alpha value is -1.67. The fourth-order valence-corrected chi connectivity index (χ4v) is 5.40. The normalized spacial score (nSPS) is 26.1. The average molecular weight is 410 g/mol. The highest BCUT2D eigenvalue weighted by Gasteiger charge is 2.41. The first-order chi connectivity index (χ1) is 13.5. The molecule has 0 unspecified atom stereocenters. The number of thioether (sulfide) groups is 1. The third kappa shape index (κ3) is 3.89. The van der Waals surface area contributed by atoms with Gasteiger partial charge in [-0.3, -0.25) is 9.59 Å². The number of ether oxygens (including phenoxy) is 1. The van der Waals surface area contributed by atoms with Crippen molar-refractivity contribution in [2.24, 2.45) is 5.92 Å². The molecule has 0 spiro atoms. The summed E-state index contributed by atoms with van der Waals surface area (Å²) in [5.74, 6) is -0.596. The number of carbonyl (C=O) groups excluding carboxylic acids is 2. The second-order valence-electron chi connectivity index (χ2n) is 7.62. The van der Waals surface area contributed by atoms with E-state index in [4.69, 9.17) is 4.74 Å². The highest BCUT2D eigenvalue weighted by atomic mass is 32.2. The van der Waals surface area contributed by atoms with Crippen LogP contribution in [0.1, 0.15) is 37.4 Å². The van der Waals surface area contributed by atoms with Crippen LogP contribution in [0.3, 0.4) is 0 Å². The van der Waals surface area contributed by atoms with Gasteiger partial charge in [-0.05, 0) is 30.5 Å². The zero-order chi connectivity index (χ0) is 19.7. The molecular weight excluding hydrogens is 386 g/mol. The van der Waals surface area contributed by atoms with Gasteiger partial charge in [0, 0.05) is 18.2 Å². The van der Waals surface area contributed by atoms with Gasteiger partial charge < -0.3 is 14.5 Å². The third-order valence-electron chi connectivity index (χ3n) is 5.85. The molecule has 8 heteroatoms. The Morgan fingerprint density at radius 1 is 1.11 bits per heavy atom. The van der Waals surface area contributed by atoms with Crippen molar-refractivity contribution in [1.82, 2.24) is 9.80 Å². The van der Waals surface area contributed by atoms with Crippen LogP contribution in [0.25, 0.3) is 0 Å². The lowest BCUT2D eigenvalue weighted by Gasteiger charge is -2.36. The zero-order valence-electron chi connectivity index (χ0n) is 15.6.